The quantitative estimate of drug-likeness (QED) is 0.452. The van der Waals surface area contributed by atoms with Crippen LogP contribution in [0.2, 0.25) is 0 Å². The van der Waals surface area contributed by atoms with Crippen LogP contribution in [0.4, 0.5) is 0 Å². The number of amides is 2. The largest absolute Gasteiger partial charge is 0.496 e. The average Bonchev–Trinajstić information content (AvgIpc) is 2.59. The molecule has 126 valence electrons. The maximum Gasteiger partial charge on any atom is 0.269 e. The average molecular weight is 552 g/mol. The minimum absolute atomic E-state index is 0.410. The van der Waals surface area contributed by atoms with Gasteiger partial charge < -0.3 is 9.47 Å². The van der Waals surface area contributed by atoms with E-state index in [0.29, 0.717) is 22.6 Å². The third kappa shape index (κ3) is 4.50. The molecule has 24 heavy (non-hydrogen) atoms. The van der Waals surface area contributed by atoms with E-state index >= 15 is 0 Å². The summed E-state index contributed by atoms with van der Waals surface area (Å²) in [4.78, 5) is 24.2. The van der Waals surface area contributed by atoms with E-state index in [2.05, 4.69) is 56.0 Å². The highest BCUT2D eigenvalue weighted by Gasteiger charge is 2.12. The van der Waals surface area contributed by atoms with E-state index in [-0.39, 0.29) is 0 Å². The molecule has 2 N–H and O–H groups in total. The van der Waals surface area contributed by atoms with Gasteiger partial charge in [0.15, 0.2) is 0 Å². The van der Waals surface area contributed by atoms with E-state index in [1.165, 1.54) is 0 Å². The minimum Gasteiger partial charge on any atom is -0.496 e. The normalized spacial score (nSPS) is 10.0. The number of nitrogens with one attached hydrogen (secondary N) is 2. The van der Waals surface area contributed by atoms with Gasteiger partial charge in [0, 0.05) is 11.1 Å². The molecule has 0 aliphatic carbocycles. The molecule has 0 aromatic heterocycles. The van der Waals surface area contributed by atoms with Crippen molar-refractivity contribution in [3.8, 4) is 11.5 Å². The highest BCUT2D eigenvalue weighted by molar-refractivity contribution is 14.1. The van der Waals surface area contributed by atoms with E-state index < -0.39 is 11.8 Å². The Labute approximate surface area is 166 Å². The van der Waals surface area contributed by atoms with E-state index in [4.69, 9.17) is 9.47 Å². The Morgan fingerprint density at radius 2 is 1.17 bits per heavy atom. The number of methoxy groups -OCH3 is 2. The molecule has 0 fully saturated rings. The van der Waals surface area contributed by atoms with Gasteiger partial charge in [0.2, 0.25) is 0 Å². The number of carbonyl (C=O) groups is 2. The fourth-order valence-corrected chi connectivity index (χ4v) is 3.34. The third-order valence-electron chi connectivity index (χ3n) is 3.12. The molecule has 6 nitrogen and oxygen atoms in total. The Morgan fingerprint density at radius 1 is 0.792 bits per heavy atom. The number of hydrogen-bond donors (Lipinski definition) is 2. The Morgan fingerprint density at radius 3 is 1.46 bits per heavy atom. The topological polar surface area (TPSA) is 76.7 Å². The number of hydrogen-bond acceptors (Lipinski definition) is 4. The van der Waals surface area contributed by atoms with Gasteiger partial charge in [-0.05, 0) is 81.6 Å². The maximum atomic E-state index is 12.1. The van der Waals surface area contributed by atoms with Crippen molar-refractivity contribution in [2.24, 2.45) is 0 Å². The van der Waals surface area contributed by atoms with Crippen LogP contribution >= 0.6 is 45.2 Å². The SMILES string of the molecule is COc1ccc(C(=O)NNC(=O)c2ccc(OC)c(I)c2)cc1I. The van der Waals surface area contributed by atoms with Crippen LogP contribution in [-0.2, 0) is 0 Å². The lowest BCUT2D eigenvalue weighted by atomic mass is 10.2. The molecule has 0 saturated carbocycles. The molecule has 0 saturated heterocycles. The van der Waals surface area contributed by atoms with Crippen molar-refractivity contribution in [1.82, 2.24) is 10.9 Å². The van der Waals surface area contributed by atoms with E-state index in [0.717, 1.165) is 7.14 Å². The van der Waals surface area contributed by atoms with Crippen LogP contribution < -0.4 is 20.3 Å². The zero-order chi connectivity index (χ0) is 17.7. The highest BCUT2D eigenvalue weighted by atomic mass is 127. The molecule has 0 unspecified atom stereocenters. The van der Waals surface area contributed by atoms with Crippen molar-refractivity contribution in [2.45, 2.75) is 0 Å². The summed E-state index contributed by atoms with van der Waals surface area (Å²) >= 11 is 4.15. The number of rotatable bonds is 4. The van der Waals surface area contributed by atoms with Crippen LogP contribution in [0.1, 0.15) is 20.7 Å². The fourth-order valence-electron chi connectivity index (χ4n) is 1.87. The summed E-state index contributed by atoms with van der Waals surface area (Å²) in [5.41, 5.74) is 5.63. The van der Waals surface area contributed by atoms with Crippen LogP contribution in [0.5, 0.6) is 11.5 Å². The summed E-state index contributed by atoms with van der Waals surface area (Å²) in [5.74, 6) is 0.548. The molecule has 0 aliphatic heterocycles. The highest BCUT2D eigenvalue weighted by Crippen LogP contribution is 2.22. The molecule has 0 spiro atoms. The first-order valence-electron chi connectivity index (χ1n) is 6.74. The van der Waals surface area contributed by atoms with Gasteiger partial charge in [-0.25, -0.2) is 0 Å². The summed E-state index contributed by atoms with van der Waals surface area (Å²) in [6.07, 6.45) is 0. The van der Waals surface area contributed by atoms with Gasteiger partial charge in [-0.1, -0.05) is 0 Å². The predicted molar refractivity (Wildman–Crippen MR) is 106 cm³/mol. The summed E-state index contributed by atoms with van der Waals surface area (Å²) in [6, 6.07) is 10.0. The first-order valence-corrected chi connectivity index (χ1v) is 8.89. The van der Waals surface area contributed by atoms with Gasteiger partial charge in [0.25, 0.3) is 11.8 Å². The smallest absolute Gasteiger partial charge is 0.269 e. The Balaban J connectivity index is 2.02. The monoisotopic (exact) mass is 552 g/mol. The third-order valence-corrected chi connectivity index (χ3v) is 4.80. The minimum atomic E-state index is -0.410. The van der Waals surface area contributed by atoms with Crippen LogP contribution in [0, 0.1) is 7.14 Å². The van der Waals surface area contributed by atoms with Crippen molar-refractivity contribution in [3.63, 3.8) is 0 Å². The summed E-state index contributed by atoms with van der Waals surface area (Å²) in [7, 11) is 3.13. The standard InChI is InChI=1S/C16H14I2N2O4/c1-23-13-5-3-9(7-11(13)17)15(21)19-20-16(22)10-4-6-14(24-2)12(18)8-10/h3-8H,1-2H3,(H,19,21)(H,20,22). The van der Waals surface area contributed by atoms with Crippen molar-refractivity contribution in [2.75, 3.05) is 14.2 Å². The van der Waals surface area contributed by atoms with Gasteiger partial charge in [-0.2, -0.15) is 0 Å². The van der Waals surface area contributed by atoms with Gasteiger partial charge in [0.1, 0.15) is 11.5 Å². The maximum absolute atomic E-state index is 12.1. The molecule has 0 aliphatic rings. The van der Waals surface area contributed by atoms with Gasteiger partial charge in [-0.3, -0.25) is 20.4 Å². The molecule has 0 bridgehead atoms. The first kappa shape index (κ1) is 18.8. The summed E-state index contributed by atoms with van der Waals surface area (Å²) in [5, 5.41) is 0. The lowest BCUT2D eigenvalue weighted by Crippen LogP contribution is -2.41. The second-order valence-electron chi connectivity index (χ2n) is 4.61. The molecular weight excluding hydrogens is 538 g/mol. The Bertz CT molecular complexity index is 715. The molecule has 0 radical (unpaired) electrons. The molecule has 2 aromatic rings. The predicted octanol–water partition coefficient (Wildman–Crippen LogP) is 2.99. The van der Waals surface area contributed by atoms with Crippen LogP contribution in [0.15, 0.2) is 36.4 Å². The van der Waals surface area contributed by atoms with E-state index in [9.17, 15) is 9.59 Å². The zero-order valence-electron chi connectivity index (χ0n) is 12.9. The summed E-state index contributed by atoms with van der Waals surface area (Å²) in [6.45, 7) is 0. The molecule has 2 rings (SSSR count). The van der Waals surface area contributed by atoms with Crippen molar-refractivity contribution >= 4 is 57.0 Å². The van der Waals surface area contributed by atoms with Crippen molar-refractivity contribution < 1.29 is 19.1 Å². The lowest BCUT2D eigenvalue weighted by Gasteiger charge is -2.10. The summed E-state index contributed by atoms with van der Waals surface area (Å²) < 4.78 is 11.9. The second-order valence-corrected chi connectivity index (χ2v) is 6.93. The first-order chi connectivity index (χ1) is 11.5. The number of hydrazine groups is 1. The van der Waals surface area contributed by atoms with Crippen LogP contribution in [-0.4, -0.2) is 26.0 Å². The van der Waals surface area contributed by atoms with E-state index in [1.54, 1.807) is 50.6 Å². The fraction of sp³-hybridized carbons (Fsp3) is 0.125. The van der Waals surface area contributed by atoms with Crippen LogP contribution in [0.3, 0.4) is 0 Å². The molecule has 0 heterocycles. The number of halogens is 2. The van der Waals surface area contributed by atoms with Crippen LogP contribution in [0.25, 0.3) is 0 Å². The van der Waals surface area contributed by atoms with Gasteiger partial charge >= 0.3 is 0 Å². The van der Waals surface area contributed by atoms with Crippen molar-refractivity contribution in [3.05, 3.63) is 54.7 Å². The molecule has 0 atom stereocenters. The number of benzene rings is 2. The Hall–Kier alpha value is -1.56. The molecule has 8 heteroatoms. The second kappa shape index (κ2) is 8.51. The lowest BCUT2D eigenvalue weighted by molar-refractivity contribution is 0.0846. The van der Waals surface area contributed by atoms with E-state index in [1.807, 2.05) is 0 Å². The van der Waals surface area contributed by atoms with Gasteiger partial charge in [0.05, 0.1) is 21.4 Å². The van der Waals surface area contributed by atoms with Gasteiger partial charge in [-0.15, -0.1) is 0 Å². The number of ether oxygens (including phenoxy) is 2. The zero-order valence-corrected chi connectivity index (χ0v) is 17.2. The Kier molecular flexibility index (Phi) is 6.66. The number of carbonyl (C=O) groups excluding carboxylic acids is 2. The van der Waals surface area contributed by atoms with Crippen molar-refractivity contribution in [1.29, 1.82) is 0 Å². The molecule has 2 aromatic carbocycles. The molecular formula is C16H14I2N2O4. The molecule has 2 amide bonds.